The Labute approximate surface area is 102 Å². The van der Waals surface area contributed by atoms with Crippen molar-refractivity contribution in [1.29, 1.82) is 0 Å². The van der Waals surface area contributed by atoms with Crippen molar-refractivity contribution in [3.8, 4) is 0 Å². The Morgan fingerprint density at radius 3 is 2.75 bits per heavy atom. The zero-order valence-corrected chi connectivity index (χ0v) is 10.6. The van der Waals surface area contributed by atoms with Crippen LogP contribution >= 0.6 is 11.6 Å². The second-order valence-corrected chi connectivity index (χ2v) is 5.09. The van der Waals surface area contributed by atoms with E-state index in [2.05, 4.69) is 29.1 Å². The largest absolute Gasteiger partial charge is 0.369 e. The molecule has 0 radical (unpaired) electrons. The quantitative estimate of drug-likeness (QED) is 0.824. The number of fused-ring (bicyclic) bond motifs is 1. The van der Waals surface area contributed by atoms with E-state index in [1.807, 2.05) is 0 Å². The molecule has 1 aliphatic carbocycles. The SMILES string of the molecule is CC(C)CNc1nc(Cl)nc2c1CCCC2. The summed E-state index contributed by atoms with van der Waals surface area (Å²) in [6.45, 7) is 5.30. The molecule has 0 saturated heterocycles. The van der Waals surface area contributed by atoms with Crippen molar-refractivity contribution in [2.24, 2.45) is 5.92 Å². The van der Waals surface area contributed by atoms with Crippen molar-refractivity contribution in [3.63, 3.8) is 0 Å². The lowest BCUT2D eigenvalue weighted by molar-refractivity contribution is 0.655. The monoisotopic (exact) mass is 239 g/mol. The number of aryl methyl sites for hydroxylation is 1. The number of aromatic nitrogens is 2. The molecule has 2 rings (SSSR count). The van der Waals surface area contributed by atoms with Crippen molar-refractivity contribution in [2.45, 2.75) is 39.5 Å². The molecule has 3 nitrogen and oxygen atoms in total. The van der Waals surface area contributed by atoms with Crippen molar-refractivity contribution >= 4 is 17.4 Å². The molecule has 0 aliphatic heterocycles. The number of anilines is 1. The van der Waals surface area contributed by atoms with Crippen LogP contribution in [-0.4, -0.2) is 16.5 Å². The fraction of sp³-hybridized carbons (Fsp3) is 0.667. The zero-order chi connectivity index (χ0) is 11.5. The summed E-state index contributed by atoms with van der Waals surface area (Å²) in [5.74, 6) is 1.55. The normalized spacial score (nSPS) is 15.0. The summed E-state index contributed by atoms with van der Waals surface area (Å²) in [5.41, 5.74) is 2.41. The average molecular weight is 240 g/mol. The lowest BCUT2D eigenvalue weighted by atomic mass is 9.96. The molecule has 4 heteroatoms. The predicted molar refractivity (Wildman–Crippen MR) is 67.0 cm³/mol. The van der Waals surface area contributed by atoms with Gasteiger partial charge in [0.2, 0.25) is 5.28 Å². The van der Waals surface area contributed by atoms with E-state index in [0.29, 0.717) is 11.2 Å². The summed E-state index contributed by atoms with van der Waals surface area (Å²) in [7, 11) is 0. The standard InChI is InChI=1S/C12H18ClN3/c1-8(2)7-14-11-9-5-3-4-6-10(9)15-12(13)16-11/h8H,3-7H2,1-2H3,(H,14,15,16). The highest BCUT2D eigenvalue weighted by Gasteiger charge is 2.17. The van der Waals surface area contributed by atoms with Crippen LogP contribution in [0, 0.1) is 5.92 Å². The highest BCUT2D eigenvalue weighted by Crippen LogP contribution is 2.26. The highest BCUT2D eigenvalue weighted by atomic mass is 35.5. The van der Waals surface area contributed by atoms with Crippen LogP contribution in [0.2, 0.25) is 5.28 Å². The smallest absolute Gasteiger partial charge is 0.224 e. The number of nitrogens with zero attached hydrogens (tertiary/aromatic N) is 2. The average Bonchev–Trinajstić information content (AvgIpc) is 2.25. The van der Waals surface area contributed by atoms with E-state index in [4.69, 9.17) is 11.6 Å². The molecule has 0 unspecified atom stereocenters. The molecule has 88 valence electrons. The Kier molecular flexibility index (Phi) is 3.64. The summed E-state index contributed by atoms with van der Waals surface area (Å²) >= 11 is 5.93. The maximum absolute atomic E-state index is 5.93. The minimum Gasteiger partial charge on any atom is -0.369 e. The molecule has 0 aromatic carbocycles. The van der Waals surface area contributed by atoms with Gasteiger partial charge >= 0.3 is 0 Å². The summed E-state index contributed by atoms with van der Waals surface area (Å²) in [4.78, 5) is 8.62. The van der Waals surface area contributed by atoms with Crippen molar-refractivity contribution in [1.82, 2.24) is 9.97 Å². The molecule has 0 bridgehead atoms. The maximum atomic E-state index is 5.93. The van der Waals surface area contributed by atoms with Crippen LogP contribution in [0.4, 0.5) is 5.82 Å². The molecular formula is C12H18ClN3. The molecular weight excluding hydrogens is 222 g/mol. The molecule has 1 aromatic heterocycles. The molecule has 0 saturated carbocycles. The fourth-order valence-corrected chi connectivity index (χ4v) is 2.20. The zero-order valence-electron chi connectivity index (χ0n) is 9.89. The number of nitrogens with one attached hydrogen (secondary N) is 1. The summed E-state index contributed by atoms with van der Waals surface area (Å²) in [6, 6.07) is 0. The van der Waals surface area contributed by atoms with Gasteiger partial charge in [-0.25, -0.2) is 9.97 Å². The van der Waals surface area contributed by atoms with Gasteiger partial charge in [0.15, 0.2) is 0 Å². The lowest BCUT2D eigenvalue weighted by Crippen LogP contribution is -2.15. The number of hydrogen-bond acceptors (Lipinski definition) is 3. The van der Waals surface area contributed by atoms with Crippen LogP contribution in [0.5, 0.6) is 0 Å². The van der Waals surface area contributed by atoms with Gasteiger partial charge in [-0.15, -0.1) is 0 Å². The van der Waals surface area contributed by atoms with Gasteiger partial charge in [-0.05, 0) is 43.2 Å². The molecule has 0 amide bonds. The van der Waals surface area contributed by atoms with Gasteiger partial charge in [0, 0.05) is 12.1 Å². The van der Waals surface area contributed by atoms with Crippen molar-refractivity contribution in [3.05, 3.63) is 16.5 Å². The van der Waals surface area contributed by atoms with Crippen LogP contribution in [0.1, 0.15) is 37.9 Å². The number of rotatable bonds is 3. The molecule has 1 aromatic rings. The summed E-state index contributed by atoms with van der Waals surface area (Å²) < 4.78 is 0. The summed E-state index contributed by atoms with van der Waals surface area (Å²) in [5, 5.41) is 3.75. The van der Waals surface area contributed by atoms with Crippen molar-refractivity contribution in [2.75, 3.05) is 11.9 Å². The van der Waals surface area contributed by atoms with Gasteiger partial charge in [-0.2, -0.15) is 0 Å². The van der Waals surface area contributed by atoms with E-state index in [1.54, 1.807) is 0 Å². The molecule has 0 fully saturated rings. The predicted octanol–water partition coefficient (Wildman–Crippen LogP) is 3.08. The Hall–Kier alpha value is -0.830. The number of halogens is 1. The van der Waals surface area contributed by atoms with E-state index in [-0.39, 0.29) is 0 Å². The van der Waals surface area contributed by atoms with Gasteiger partial charge in [-0.1, -0.05) is 13.8 Å². The second kappa shape index (κ2) is 5.00. The molecule has 1 aliphatic rings. The molecule has 0 spiro atoms. The lowest BCUT2D eigenvalue weighted by Gasteiger charge is -2.19. The molecule has 0 atom stereocenters. The van der Waals surface area contributed by atoms with Gasteiger partial charge < -0.3 is 5.32 Å². The first-order chi connectivity index (χ1) is 7.66. The fourth-order valence-electron chi connectivity index (χ4n) is 2.01. The third-order valence-electron chi connectivity index (χ3n) is 2.83. The van der Waals surface area contributed by atoms with Gasteiger partial charge in [0.25, 0.3) is 0 Å². The Bertz CT molecular complexity index is 377. The number of hydrogen-bond donors (Lipinski definition) is 1. The first kappa shape index (κ1) is 11.6. The maximum Gasteiger partial charge on any atom is 0.224 e. The molecule has 16 heavy (non-hydrogen) atoms. The minimum atomic E-state index is 0.368. The van der Waals surface area contributed by atoms with Crippen LogP contribution in [0.3, 0.4) is 0 Å². The Morgan fingerprint density at radius 2 is 2.00 bits per heavy atom. The van der Waals surface area contributed by atoms with E-state index in [1.165, 1.54) is 18.4 Å². The van der Waals surface area contributed by atoms with E-state index in [9.17, 15) is 0 Å². The first-order valence-corrected chi connectivity index (χ1v) is 6.33. The van der Waals surface area contributed by atoms with Crippen molar-refractivity contribution < 1.29 is 0 Å². The van der Waals surface area contributed by atoms with Crippen LogP contribution in [0.25, 0.3) is 0 Å². The van der Waals surface area contributed by atoms with E-state index < -0.39 is 0 Å². The third kappa shape index (κ3) is 2.64. The Balaban J connectivity index is 2.25. The second-order valence-electron chi connectivity index (χ2n) is 4.75. The van der Waals surface area contributed by atoms with Gasteiger partial charge in [0.05, 0.1) is 5.69 Å². The minimum absolute atomic E-state index is 0.368. The summed E-state index contributed by atoms with van der Waals surface area (Å²) in [6.07, 6.45) is 4.55. The highest BCUT2D eigenvalue weighted by molar-refractivity contribution is 6.28. The molecule has 1 N–H and O–H groups in total. The first-order valence-electron chi connectivity index (χ1n) is 5.96. The topological polar surface area (TPSA) is 37.8 Å². The van der Waals surface area contributed by atoms with E-state index in [0.717, 1.165) is 30.9 Å². The molecule has 1 heterocycles. The van der Waals surface area contributed by atoms with E-state index >= 15 is 0 Å². The van der Waals surface area contributed by atoms with Gasteiger partial charge in [-0.3, -0.25) is 0 Å². The van der Waals surface area contributed by atoms with Crippen LogP contribution < -0.4 is 5.32 Å². The third-order valence-corrected chi connectivity index (χ3v) is 3.00. The van der Waals surface area contributed by atoms with Crippen LogP contribution in [-0.2, 0) is 12.8 Å². The van der Waals surface area contributed by atoms with Gasteiger partial charge in [0.1, 0.15) is 5.82 Å². The Morgan fingerprint density at radius 1 is 1.25 bits per heavy atom. The van der Waals surface area contributed by atoms with Crippen LogP contribution in [0.15, 0.2) is 0 Å².